The number of unbranched alkanes of at least 4 members (excludes halogenated alkanes) is 14. The summed E-state index contributed by atoms with van der Waals surface area (Å²) in [6.45, 7) is 6.27. The lowest BCUT2D eigenvalue weighted by Crippen LogP contribution is -2.30. The maximum Gasteiger partial charge on any atom is 0.306 e. The second kappa shape index (κ2) is 43.3. The van der Waals surface area contributed by atoms with Gasteiger partial charge in [0, 0.05) is 19.3 Å². The van der Waals surface area contributed by atoms with E-state index in [0.717, 1.165) is 96.3 Å². The molecule has 55 heavy (non-hydrogen) atoms. The van der Waals surface area contributed by atoms with E-state index in [1.54, 1.807) is 0 Å². The van der Waals surface area contributed by atoms with E-state index in [-0.39, 0.29) is 37.5 Å². The summed E-state index contributed by atoms with van der Waals surface area (Å²) in [5.74, 6) is -1.03. The van der Waals surface area contributed by atoms with Crippen LogP contribution in [0.3, 0.4) is 0 Å². The summed E-state index contributed by atoms with van der Waals surface area (Å²) in [6.07, 6.45) is 54.4. The summed E-state index contributed by atoms with van der Waals surface area (Å²) in [5.41, 5.74) is 0. The van der Waals surface area contributed by atoms with E-state index >= 15 is 0 Å². The number of ether oxygens (including phenoxy) is 3. The molecule has 1 atom stereocenters. The van der Waals surface area contributed by atoms with Crippen LogP contribution in [0.4, 0.5) is 0 Å². The van der Waals surface area contributed by atoms with Crippen LogP contribution in [0.5, 0.6) is 0 Å². The molecule has 0 aromatic heterocycles. The Morgan fingerprint density at radius 1 is 0.400 bits per heavy atom. The van der Waals surface area contributed by atoms with E-state index < -0.39 is 6.10 Å². The van der Waals surface area contributed by atoms with Crippen molar-refractivity contribution in [3.63, 3.8) is 0 Å². The average molecular weight is 765 g/mol. The second-order valence-electron chi connectivity index (χ2n) is 14.2. The lowest BCUT2D eigenvalue weighted by molar-refractivity contribution is -0.167. The molecule has 6 nitrogen and oxygen atoms in total. The molecule has 0 amide bonds. The Hall–Kier alpha value is -3.41. The van der Waals surface area contributed by atoms with Crippen molar-refractivity contribution >= 4 is 17.9 Å². The van der Waals surface area contributed by atoms with Gasteiger partial charge in [-0.15, -0.1) is 0 Å². The highest BCUT2D eigenvalue weighted by Crippen LogP contribution is 2.11. The molecule has 0 N–H and O–H groups in total. The molecule has 0 bridgehead atoms. The first kappa shape index (κ1) is 51.6. The van der Waals surface area contributed by atoms with Gasteiger partial charge in [-0.1, -0.05) is 151 Å². The lowest BCUT2D eigenvalue weighted by Gasteiger charge is -2.18. The van der Waals surface area contributed by atoms with Gasteiger partial charge in [0.2, 0.25) is 0 Å². The second-order valence-corrected chi connectivity index (χ2v) is 14.2. The topological polar surface area (TPSA) is 78.9 Å². The van der Waals surface area contributed by atoms with Crippen molar-refractivity contribution in [1.82, 2.24) is 0 Å². The Kier molecular flexibility index (Phi) is 40.6. The standard InChI is InChI=1S/C49H80O6/c1-4-7-10-13-16-19-21-23-24-25-26-28-30-33-36-39-42-48(51)54-45-46(44-53-47(50)41-38-35-32-29-18-15-12-9-6-3)55-49(52)43-40-37-34-31-27-22-20-17-14-11-8-5-2/h8-9,11-12,17-18,20,24-29,31,46H,4-7,10,13-16,19,21-23,30,32-45H2,1-3H3/b11-8-,12-9-,20-17-,25-24-,28-26-,29-18-,31-27-. The first-order chi connectivity index (χ1) is 27.0. The van der Waals surface area contributed by atoms with E-state index in [1.807, 2.05) is 0 Å². The molecule has 1 unspecified atom stereocenters. The number of hydrogen-bond acceptors (Lipinski definition) is 6. The van der Waals surface area contributed by atoms with Crippen molar-refractivity contribution in [3.8, 4) is 0 Å². The lowest BCUT2D eigenvalue weighted by atomic mass is 10.1. The third kappa shape index (κ3) is 41.6. The number of esters is 3. The minimum Gasteiger partial charge on any atom is -0.462 e. The van der Waals surface area contributed by atoms with Gasteiger partial charge in [-0.25, -0.2) is 0 Å². The van der Waals surface area contributed by atoms with Crippen LogP contribution in [0.2, 0.25) is 0 Å². The molecule has 0 aliphatic heterocycles. The fraction of sp³-hybridized carbons (Fsp3) is 0.653. The number of carbonyl (C=O) groups excluding carboxylic acids is 3. The Morgan fingerprint density at radius 3 is 1.25 bits per heavy atom. The average Bonchev–Trinajstić information content (AvgIpc) is 3.18. The van der Waals surface area contributed by atoms with Crippen LogP contribution >= 0.6 is 0 Å². The predicted octanol–water partition coefficient (Wildman–Crippen LogP) is 14.1. The summed E-state index contributed by atoms with van der Waals surface area (Å²) in [4.78, 5) is 37.6. The fourth-order valence-corrected chi connectivity index (χ4v) is 5.60. The van der Waals surface area contributed by atoms with Crippen molar-refractivity contribution in [2.45, 2.75) is 194 Å². The SMILES string of the molecule is CC/C=C\C/C=C\C/C=C\CCCCC(=O)OC(COC(=O)CCCC/C=C\C/C=C\CC)COC(=O)CCCCC/C=C\C=C/CCCCCCCCC. The van der Waals surface area contributed by atoms with Crippen molar-refractivity contribution in [2.75, 3.05) is 13.2 Å². The molecule has 0 fully saturated rings. The minimum absolute atomic E-state index is 0.118. The summed E-state index contributed by atoms with van der Waals surface area (Å²) < 4.78 is 16.6. The van der Waals surface area contributed by atoms with E-state index in [2.05, 4.69) is 106 Å². The molecule has 0 saturated heterocycles. The van der Waals surface area contributed by atoms with Crippen molar-refractivity contribution < 1.29 is 28.6 Å². The molecule has 0 aliphatic rings. The highest BCUT2D eigenvalue weighted by atomic mass is 16.6. The van der Waals surface area contributed by atoms with Crippen LogP contribution in [0.15, 0.2) is 85.1 Å². The van der Waals surface area contributed by atoms with Crippen LogP contribution in [0, 0.1) is 0 Å². The van der Waals surface area contributed by atoms with Crippen LogP contribution in [0.25, 0.3) is 0 Å². The van der Waals surface area contributed by atoms with E-state index in [4.69, 9.17) is 14.2 Å². The normalized spacial score (nSPS) is 12.9. The minimum atomic E-state index is -0.817. The van der Waals surface area contributed by atoms with E-state index in [1.165, 1.54) is 44.9 Å². The largest absolute Gasteiger partial charge is 0.462 e. The van der Waals surface area contributed by atoms with Gasteiger partial charge in [-0.05, 0) is 103 Å². The summed E-state index contributed by atoms with van der Waals surface area (Å²) in [5, 5.41) is 0. The Bertz CT molecular complexity index is 1110. The molecular formula is C49H80O6. The molecular weight excluding hydrogens is 685 g/mol. The zero-order valence-corrected chi connectivity index (χ0v) is 35.4. The quantitative estimate of drug-likeness (QED) is 0.0205. The van der Waals surface area contributed by atoms with Crippen LogP contribution in [-0.4, -0.2) is 37.2 Å². The molecule has 0 aromatic carbocycles. The number of rotatable bonds is 38. The number of allylic oxidation sites excluding steroid dienone is 14. The molecule has 0 saturated carbocycles. The maximum absolute atomic E-state index is 12.7. The molecule has 0 heterocycles. The molecule has 0 radical (unpaired) electrons. The third-order valence-corrected chi connectivity index (χ3v) is 8.89. The van der Waals surface area contributed by atoms with Gasteiger partial charge in [0.25, 0.3) is 0 Å². The highest BCUT2D eigenvalue weighted by Gasteiger charge is 2.19. The molecule has 0 rings (SSSR count). The van der Waals surface area contributed by atoms with Crippen molar-refractivity contribution in [1.29, 1.82) is 0 Å². The molecule has 0 aliphatic carbocycles. The molecule has 0 spiro atoms. The van der Waals surface area contributed by atoms with Crippen molar-refractivity contribution in [2.24, 2.45) is 0 Å². The smallest absolute Gasteiger partial charge is 0.306 e. The van der Waals surface area contributed by atoms with E-state index in [9.17, 15) is 14.4 Å². The van der Waals surface area contributed by atoms with Gasteiger partial charge in [0.15, 0.2) is 6.10 Å². The Morgan fingerprint density at radius 2 is 0.764 bits per heavy atom. The van der Waals surface area contributed by atoms with Crippen LogP contribution in [0.1, 0.15) is 188 Å². The molecule has 312 valence electrons. The van der Waals surface area contributed by atoms with Gasteiger partial charge in [0.05, 0.1) is 0 Å². The Balaban J connectivity index is 4.49. The zero-order chi connectivity index (χ0) is 40.1. The maximum atomic E-state index is 12.7. The molecule has 0 aromatic rings. The van der Waals surface area contributed by atoms with Crippen LogP contribution < -0.4 is 0 Å². The van der Waals surface area contributed by atoms with E-state index in [0.29, 0.717) is 19.3 Å². The first-order valence-electron chi connectivity index (χ1n) is 22.1. The molecule has 6 heteroatoms. The fourth-order valence-electron chi connectivity index (χ4n) is 5.60. The van der Waals surface area contributed by atoms with Crippen molar-refractivity contribution in [3.05, 3.63) is 85.1 Å². The highest BCUT2D eigenvalue weighted by molar-refractivity contribution is 5.71. The van der Waals surface area contributed by atoms with Gasteiger partial charge in [0.1, 0.15) is 13.2 Å². The van der Waals surface area contributed by atoms with Gasteiger partial charge in [-0.2, -0.15) is 0 Å². The number of hydrogen-bond donors (Lipinski definition) is 0. The monoisotopic (exact) mass is 765 g/mol. The summed E-state index contributed by atoms with van der Waals surface area (Å²) >= 11 is 0. The summed E-state index contributed by atoms with van der Waals surface area (Å²) in [6, 6.07) is 0. The third-order valence-electron chi connectivity index (χ3n) is 8.89. The van der Waals surface area contributed by atoms with Crippen LogP contribution in [-0.2, 0) is 28.6 Å². The number of carbonyl (C=O) groups is 3. The first-order valence-corrected chi connectivity index (χ1v) is 22.1. The van der Waals surface area contributed by atoms with Gasteiger partial charge < -0.3 is 14.2 Å². The zero-order valence-electron chi connectivity index (χ0n) is 35.4. The summed E-state index contributed by atoms with van der Waals surface area (Å²) in [7, 11) is 0. The Labute approximate surface area is 337 Å². The van der Waals surface area contributed by atoms with Gasteiger partial charge in [-0.3, -0.25) is 14.4 Å². The van der Waals surface area contributed by atoms with Gasteiger partial charge >= 0.3 is 17.9 Å². The predicted molar refractivity (Wildman–Crippen MR) is 233 cm³/mol.